The Balaban J connectivity index is 1.63. The fourth-order valence-electron chi connectivity index (χ4n) is 3.43. The van der Waals surface area contributed by atoms with Crippen molar-refractivity contribution in [3.05, 3.63) is 69.3 Å². The fraction of sp³-hybridized carbons (Fsp3) is 0.190. The van der Waals surface area contributed by atoms with Crippen LogP contribution in [-0.2, 0) is 13.1 Å². The minimum absolute atomic E-state index is 0.213. The maximum Gasteiger partial charge on any atom is 0.322 e. The van der Waals surface area contributed by atoms with Gasteiger partial charge in [-0.25, -0.2) is 4.79 Å². The van der Waals surface area contributed by atoms with E-state index in [1.165, 1.54) is 0 Å². The van der Waals surface area contributed by atoms with Crippen LogP contribution in [0.4, 0.5) is 10.5 Å². The number of nitrogens with one attached hydrogen (secondary N) is 1. The molecule has 7 nitrogen and oxygen atoms in total. The van der Waals surface area contributed by atoms with E-state index in [0.29, 0.717) is 45.8 Å². The number of anilines is 1. The van der Waals surface area contributed by atoms with Crippen LogP contribution in [0.25, 0.3) is 11.3 Å². The van der Waals surface area contributed by atoms with E-state index in [1.54, 1.807) is 27.8 Å². The number of aromatic nitrogens is 2. The lowest BCUT2D eigenvalue weighted by molar-refractivity contribution is 0.0997. The first kappa shape index (κ1) is 20.3. The van der Waals surface area contributed by atoms with Gasteiger partial charge >= 0.3 is 6.03 Å². The Morgan fingerprint density at radius 3 is 2.47 bits per heavy atom. The van der Waals surface area contributed by atoms with Crippen LogP contribution in [0.15, 0.2) is 42.5 Å². The minimum atomic E-state index is -0.613. The summed E-state index contributed by atoms with van der Waals surface area (Å²) < 4.78 is 1.72. The summed E-state index contributed by atoms with van der Waals surface area (Å²) in [5.41, 5.74) is 9.42. The average molecular weight is 444 g/mol. The summed E-state index contributed by atoms with van der Waals surface area (Å²) >= 11 is 12.1. The highest BCUT2D eigenvalue weighted by Crippen LogP contribution is 2.32. The lowest BCUT2D eigenvalue weighted by Crippen LogP contribution is -2.41. The van der Waals surface area contributed by atoms with Gasteiger partial charge in [0.25, 0.3) is 5.91 Å². The fourth-order valence-corrected chi connectivity index (χ4v) is 3.73. The summed E-state index contributed by atoms with van der Waals surface area (Å²) in [6.45, 7) is 3.09. The standard InChI is InChI=1S/C21H19Cl2N5O2/c1-12-2-5-14(6-3-12)25-21(30)27-8-9-28-17(11-27)18(20(24)29)19(26-28)13-4-7-15(22)16(23)10-13/h2-7,10H,8-9,11H2,1H3,(H2,24,29)(H,25,30). The predicted octanol–water partition coefficient (Wildman–Crippen LogP) is 4.31. The van der Waals surface area contributed by atoms with E-state index in [4.69, 9.17) is 28.9 Å². The number of carbonyl (C=O) groups excluding carboxylic acids is 2. The second kappa shape index (κ2) is 8.01. The third kappa shape index (κ3) is 3.86. The van der Waals surface area contributed by atoms with Gasteiger partial charge in [-0.05, 0) is 31.2 Å². The number of hydrogen-bond acceptors (Lipinski definition) is 3. The Bertz CT molecular complexity index is 1140. The highest BCUT2D eigenvalue weighted by atomic mass is 35.5. The quantitative estimate of drug-likeness (QED) is 0.631. The molecule has 0 saturated carbocycles. The highest BCUT2D eigenvalue weighted by Gasteiger charge is 2.29. The summed E-state index contributed by atoms with van der Waals surface area (Å²) in [4.78, 5) is 26.6. The van der Waals surface area contributed by atoms with Crippen molar-refractivity contribution in [3.63, 3.8) is 0 Å². The van der Waals surface area contributed by atoms with Crippen molar-refractivity contribution in [3.8, 4) is 11.3 Å². The van der Waals surface area contributed by atoms with E-state index in [-0.39, 0.29) is 18.1 Å². The van der Waals surface area contributed by atoms with Gasteiger partial charge < -0.3 is 16.0 Å². The van der Waals surface area contributed by atoms with Gasteiger partial charge in [-0.3, -0.25) is 9.48 Å². The summed E-state index contributed by atoms with van der Waals surface area (Å²) in [5, 5.41) is 8.20. The van der Waals surface area contributed by atoms with Gasteiger partial charge in [0.2, 0.25) is 0 Å². The van der Waals surface area contributed by atoms with Crippen molar-refractivity contribution in [2.45, 2.75) is 20.0 Å². The predicted molar refractivity (Wildman–Crippen MR) is 117 cm³/mol. The molecule has 0 aliphatic carbocycles. The van der Waals surface area contributed by atoms with Gasteiger partial charge in [0, 0.05) is 17.8 Å². The summed E-state index contributed by atoms with van der Waals surface area (Å²) in [5.74, 6) is -0.613. The number of benzene rings is 2. The van der Waals surface area contributed by atoms with Gasteiger partial charge in [-0.1, -0.05) is 47.0 Å². The molecule has 0 bridgehead atoms. The smallest absolute Gasteiger partial charge is 0.322 e. The average Bonchev–Trinajstić information content (AvgIpc) is 3.10. The van der Waals surface area contributed by atoms with Crippen LogP contribution in [0.3, 0.4) is 0 Å². The molecule has 0 fully saturated rings. The van der Waals surface area contributed by atoms with Crippen molar-refractivity contribution in [1.29, 1.82) is 0 Å². The number of amides is 3. The number of rotatable bonds is 3. The molecule has 9 heteroatoms. The highest BCUT2D eigenvalue weighted by molar-refractivity contribution is 6.42. The topological polar surface area (TPSA) is 93.2 Å². The second-order valence-electron chi connectivity index (χ2n) is 7.10. The second-order valence-corrected chi connectivity index (χ2v) is 7.92. The molecule has 0 atom stereocenters. The summed E-state index contributed by atoms with van der Waals surface area (Å²) in [6, 6.07) is 12.3. The molecule has 2 heterocycles. The Morgan fingerprint density at radius 1 is 1.07 bits per heavy atom. The van der Waals surface area contributed by atoms with E-state index >= 15 is 0 Å². The van der Waals surface area contributed by atoms with E-state index < -0.39 is 5.91 Å². The zero-order valence-corrected chi connectivity index (χ0v) is 17.7. The van der Waals surface area contributed by atoms with E-state index in [9.17, 15) is 9.59 Å². The molecular formula is C21H19Cl2N5O2. The number of urea groups is 1. The number of halogens is 2. The van der Waals surface area contributed by atoms with Crippen LogP contribution in [-0.4, -0.2) is 33.2 Å². The molecule has 154 valence electrons. The third-order valence-electron chi connectivity index (χ3n) is 5.01. The monoisotopic (exact) mass is 443 g/mol. The first-order valence-corrected chi connectivity index (χ1v) is 10.1. The zero-order chi connectivity index (χ0) is 21.4. The Kier molecular flexibility index (Phi) is 5.40. The van der Waals surface area contributed by atoms with Crippen molar-refractivity contribution in [1.82, 2.24) is 14.7 Å². The normalized spacial score (nSPS) is 13.1. The molecule has 3 N–H and O–H groups in total. The van der Waals surface area contributed by atoms with E-state index in [1.807, 2.05) is 31.2 Å². The summed E-state index contributed by atoms with van der Waals surface area (Å²) in [7, 11) is 0. The number of nitrogens with zero attached hydrogens (tertiary/aromatic N) is 3. The number of hydrogen-bond donors (Lipinski definition) is 2. The van der Waals surface area contributed by atoms with Gasteiger partial charge in [0.15, 0.2) is 0 Å². The number of carbonyl (C=O) groups is 2. The molecule has 0 unspecified atom stereocenters. The Morgan fingerprint density at radius 2 is 1.80 bits per heavy atom. The molecule has 0 spiro atoms. The lowest BCUT2D eigenvalue weighted by atomic mass is 10.0. The molecule has 4 rings (SSSR count). The van der Waals surface area contributed by atoms with Crippen LogP contribution >= 0.6 is 23.2 Å². The zero-order valence-electron chi connectivity index (χ0n) is 16.2. The van der Waals surface area contributed by atoms with E-state index in [2.05, 4.69) is 10.4 Å². The molecule has 3 amide bonds. The van der Waals surface area contributed by atoms with Crippen molar-refractivity contribution in [2.75, 3.05) is 11.9 Å². The molecule has 2 aromatic carbocycles. The molecule has 3 aromatic rings. The molecule has 1 aliphatic rings. The number of aryl methyl sites for hydroxylation is 1. The number of fused-ring (bicyclic) bond motifs is 1. The molecule has 30 heavy (non-hydrogen) atoms. The largest absolute Gasteiger partial charge is 0.365 e. The van der Waals surface area contributed by atoms with E-state index in [0.717, 1.165) is 5.56 Å². The molecule has 1 aromatic heterocycles. The van der Waals surface area contributed by atoms with Gasteiger partial charge in [0.1, 0.15) is 5.69 Å². The van der Waals surface area contributed by atoms with Gasteiger partial charge in [-0.2, -0.15) is 5.10 Å². The van der Waals surface area contributed by atoms with Gasteiger partial charge in [-0.15, -0.1) is 0 Å². The van der Waals surface area contributed by atoms with Crippen LogP contribution in [0.2, 0.25) is 10.0 Å². The number of primary amides is 1. The third-order valence-corrected chi connectivity index (χ3v) is 5.75. The Labute approximate surface area is 183 Å². The van der Waals surface area contributed by atoms with Crippen LogP contribution < -0.4 is 11.1 Å². The molecule has 0 radical (unpaired) electrons. The van der Waals surface area contributed by atoms with Crippen molar-refractivity contribution >= 4 is 40.8 Å². The lowest BCUT2D eigenvalue weighted by Gasteiger charge is -2.28. The number of nitrogens with two attached hydrogens (primary N) is 1. The van der Waals surface area contributed by atoms with Crippen molar-refractivity contribution < 1.29 is 9.59 Å². The summed E-state index contributed by atoms with van der Waals surface area (Å²) in [6.07, 6.45) is 0. The SMILES string of the molecule is Cc1ccc(NC(=O)N2CCn3nc(-c4ccc(Cl)c(Cl)c4)c(C(N)=O)c3C2)cc1. The Hall–Kier alpha value is -3.03. The first-order chi connectivity index (χ1) is 14.3. The van der Waals surface area contributed by atoms with Crippen LogP contribution in [0.1, 0.15) is 21.6 Å². The maximum atomic E-state index is 12.7. The van der Waals surface area contributed by atoms with Gasteiger partial charge in [0.05, 0.1) is 34.4 Å². The molecule has 0 saturated heterocycles. The minimum Gasteiger partial charge on any atom is -0.365 e. The molecule has 1 aliphatic heterocycles. The maximum absolute atomic E-state index is 12.7. The van der Waals surface area contributed by atoms with Crippen LogP contribution in [0.5, 0.6) is 0 Å². The van der Waals surface area contributed by atoms with Crippen LogP contribution in [0, 0.1) is 6.92 Å². The van der Waals surface area contributed by atoms with Crippen molar-refractivity contribution in [2.24, 2.45) is 5.73 Å². The molecular weight excluding hydrogens is 425 g/mol. The first-order valence-electron chi connectivity index (χ1n) is 9.31.